The van der Waals surface area contributed by atoms with E-state index in [1.54, 1.807) is 6.07 Å². The summed E-state index contributed by atoms with van der Waals surface area (Å²) in [7, 11) is -2.97. The Morgan fingerprint density at radius 1 is 1.41 bits per heavy atom. The van der Waals surface area contributed by atoms with Crippen LogP contribution in [0.4, 0.5) is 5.95 Å². The monoisotopic (exact) mass is 259 g/mol. The first kappa shape index (κ1) is 13.7. The molecule has 1 aromatic heterocycles. The molecule has 0 amide bonds. The van der Waals surface area contributed by atoms with Gasteiger partial charge in [0.05, 0.1) is 12.4 Å². The molecule has 1 aromatic rings. The van der Waals surface area contributed by atoms with Gasteiger partial charge in [-0.1, -0.05) is 0 Å². The predicted molar refractivity (Wildman–Crippen MR) is 66.1 cm³/mol. The maximum Gasteiger partial charge on any atom is 0.226 e. The zero-order chi connectivity index (χ0) is 12.9. The number of aryl methyl sites for hydroxylation is 1. The van der Waals surface area contributed by atoms with Crippen molar-refractivity contribution in [1.82, 2.24) is 9.97 Å². The summed E-state index contributed by atoms with van der Waals surface area (Å²) in [6, 6.07) is 1.73. The van der Waals surface area contributed by atoms with Gasteiger partial charge in [-0.25, -0.2) is 13.4 Å². The van der Waals surface area contributed by atoms with Crippen molar-refractivity contribution in [2.45, 2.75) is 13.8 Å². The number of hydrogen-bond donors (Lipinski definition) is 1. The van der Waals surface area contributed by atoms with Crippen LogP contribution in [0, 0.1) is 6.92 Å². The zero-order valence-electron chi connectivity index (χ0n) is 10.2. The number of nitrogens with zero attached hydrogens (tertiary/aromatic N) is 2. The van der Waals surface area contributed by atoms with Crippen LogP contribution in [0.1, 0.15) is 12.6 Å². The van der Waals surface area contributed by atoms with Gasteiger partial charge in [-0.05, 0) is 13.8 Å². The lowest BCUT2D eigenvalue weighted by molar-refractivity contribution is 0.326. The van der Waals surface area contributed by atoms with Crippen molar-refractivity contribution >= 4 is 15.8 Å². The van der Waals surface area contributed by atoms with Gasteiger partial charge in [-0.2, -0.15) is 4.98 Å². The van der Waals surface area contributed by atoms with E-state index in [4.69, 9.17) is 4.74 Å². The number of anilines is 1. The van der Waals surface area contributed by atoms with Gasteiger partial charge in [-0.15, -0.1) is 0 Å². The van der Waals surface area contributed by atoms with E-state index in [2.05, 4.69) is 15.3 Å². The molecule has 1 rings (SSSR count). The van der Waals surface area contributed by atoms with Crippen LogP contribution in [0.5, 0.6) is 5.88 Å². The maximum atomic E-state index is 11.0. The van der Waals surface area contributed by atoms with Gasteiger partial charge < -0.3 is 10.1 Å². The highest BCUT2D eigenvalue weighted by molar-refractivity contribution is 7.90. The van der Waals surface area contributed by atoms with Gasteiger partial charge in [0, 0.05) is 24.6 Å². The summed E-state index contributed by atoms with van der Waals surface area (Å²) in [5.41, 5.74) is 0.769. The zero-order valence-corrected chi connectivity index (χ0v) is 11.0. The molecule has 0 aliphatic rings. The minimum Gasteiger partial charge on any atom is -0.478 e. The Hall–Kier alpha value is -1.37. The minimum atomic E-state index is -2.97. The van der Waals surface area contributed by atoms with Crippen LogP contribution in [-0.2, 0) is 9.84 Å². The van der Waals surface area contributed by atoms with Crippen molar-refractivity contribution < 1.29 is 13.2 Å². The number of ether oxygens (including phenoxy) is 1. The average molecular weight is 259 g/mol. The molecule has 0 aromatic carbocycles. The SMILES string of the molecule is CCOc1cc(C)nc(NCCS(C)(=O)=O)n1. The van der Waals surface area contributed by atoms with Crippen molar-refractivity contribution in [3.63, 3.8) is 0 Å². The number of hydrogen-bond acceptors (Lipinski definition) is 6. The number of nitrogens with one attached hydrogen (secondary N) is 1. The predicted octanol–water partition coefficient (Wildman–Crippen LogP) is 0.640. The van der Waals surface area contributed by atoms with E-state index in [0.29, 0.717) is 18.4 Å². The smallest absolute Gasteiger partial charge is 0.226 e. The minimum absolute atomic E-state index is 0.0499. The van der Waals surface area contributed by atoms with Crippen molar-refractivity contribution in [1.29, 1.82) is 0 Å². The quantitative estimate of drug-likeness (QED) is 0.807. The molecule has 0 aliphatic carbocycles. The molecule has 0 atom stereocenters. The highest BCUT2D eigenvalue weighted by Gasteiger charge is 2.05. The van der Waals surface area contributed by atoms with E-state index in [1.165, 1.54) is 6.26 Å². The van der Waals surface area contributed by atoms with E-state index in [9.17, 15) is 8.42 Å². The van der Waals surface area contributed by atoms with E-state index < -0.39 is 9.84 Å². The Bertz CT molecular complexity index is 474. The van der Waals surface area contributed by atoms with Crippen LogP contribution in [0.3, 0.4) is 0 Å². The number of sulfone groups is 1. The molecule has 17 heavy (non-hydrogen) atoms. The van der Waals surface area contributed by atoms with Crippen LogP contribution >= 0.6 is 0 Å². The second-order valence-electron chi connectivity index (χ2n) is 3.66. The third-order valence-electron chi connectivity index (χ3n) is 1.88. The third kappa shape index (κ3) is 5.48. The van der Waals surface area contributed by atoms with E-state index in [0.717, 1.165) is 5.69 Å². The van der Waals surface area contributed by atoms with Crippen molar-refractivity contribution in [3.8, 4) is 5.88 Å². The average Bonchev–Trinajstić information content (AvgIpc) is 2.15. The summed E-state index contributed by atoms with van der Waals surface area (Å²) in [6.45, 7) is 4.51. The fraction of sp³-hybridized carbons (Fsp3) is 0.600. The lowest BCUT2D eigenvalue weighted by Crippen LogP contribution is -2.16. The molecule has 1 heterocycles. The molecule has 0 bridgehead atoms. The fourth-order valence-corrected chi connectivity index (χ4v) is 1.66. The highest BCUT2D eigenvalue weighted by Crippen LogP contribution is 2.11. The number of rotatable bonds is 6. The first-order valence-electron chi connectivity index (χ1n) is 5.31. The Kier molecular flexibility index (Phi) is 4.68. The van der Waals surface area contributed by atoms with E-state index >= 15 is 0 Å². The Morgan fingerprint density at radius 3 is 2.71 bits per heavy atom. The standard InChI is InChI=1S/C10H17N3O3S/c1-4-16-9-7-8(2)12-10(13-9)11-5-6-17(3,14)15/h7H,4-6H2,1-3H3,(H,11,12,13). The van der Waals surface area contributed by atoms with Crippen LogP contribution in [-0.4, -0.2) is 43.5 Å². The molecule has 0 saturated carbocycles. The Balaban J connectivity index is 2.64. The molecule has 6 nitrogen and oxygen atoms in total. The van der Waals surface area contributed by atoms with E-state index in [1.807, 2.05) is 13.8 Å². The van der Waals surface area contributed by atoms with Gasteiger partial charge in [0.25, 0.3) is 0 Å². The largest absolute Gasteiger partial charge is 0.478 e. The third-order valence-corrected chi connectivity index (χ3v) is 2.82. The van der Waals surface area contributed by atoms with Crippen molar-refractivity contribution in [3.05, 3.63) is 11.8 Å². The molecule has 0 saturated heterocycles. The maximum absolute atomic E-state index is 11.0. The summed E-state index contributed by atoms with van der Waals surface area (Å²) < 4.78 is 27.2. The normalized spacial score (nSPS) is 11.2. The molecule has 1 N–H and O–H groups in total. The van der Waals surface area contributed by atoms with Crippen LogP contribution in [0.2, 0.25) is 0 Å². The topological polar surface area (TPSA) is 81.2 Å². The second-order valence-corrected chi connectivity index (χ2v) is 5.92. The van der Waals surface area contributed by atoms with Gasteiger partial charge >= 0.3 is 0 Å². The lowest BCUT2D eigenvalue weighted by Gasteiger charge is -2.07. The lowest BCUT2D eigenvalue weighted by atomic mass is 10.4. The molecule has 0 radical (unpaired) electrons. The van der Waals surface area contributed by atoms with Gasteiger partial charge in [-0.3, -0.25) is 0 Å². The second kappa shape index (κ2) is 5.81. The van der Waals surface area contributed by atoms with E-state index in [-0.39, 0.29) is 12.3 Å². The van der Waals surface area contributed by atoms with Crippen molar-refractivity contribution in [2.24, 2.45) is 0 Å². The molecule has 0 fully saturated rings. The van der Waals surface area contributed by atoms with Crippen molar-refractivity contribution in [2.75, 3.05) is 30.5 Å². The summed E-state index contributed by atoms with van der Waals surface area (Å²) in [6.07, 6.45) is 1.19. The van der Waals surface area contributed by atoms with Crippen LogP contribution in [0.15, 0.2) is 6.07 Å². The summed E-state index contributed by atoms with van der Waals surface area (Å²) in [5, 5.41) is 2.86. The summed E-state index contributed by atoms with van der Waals surface area (Å²) in [5.74, 6) is 0.924. The first-order valence-corrected chi connectivity index (χ1v) is 7.37. The molecule has 0 aliphatic heterocycles. The summed E-state index contributed by atoms with van der Waals surface area (Å²) >= 11 is 0. The fourth-order valence-electron chi connectivity index (χ4n) is 1.19. The van der Waals surface area contributed by atoms with Crippen LogP contribution in [0.25, 0.3) is 0 Å². The first-order chi connectivity index (χ1) is 7.90. The summed E-state index contributed by atoms with van der Waals surface area (Å²) in [4.78, 5) is 8.24. The Morgan fingerprint density at radius 2 is 2.12 bits per heavy atom. The molecule has 0 unspecified atom stereocenters. The molecular weight excluding hydrogens is 242 g/mol. The van der Waals surface area contributed by atoms with Gasteiger partial charge in [0.15, 0.2) is 0 Å². The molecule has 96 valence electrons. The number of aromatic nitrogens is 2. The molecular formula is C10H17N3O3S. The van der Waals surface area contributed by atoms with Crippen LogP contribution < -0.4 is 10.1 Å². The molecule has 7 heteroatoms. The molecule has 0 spiro atoms. The van der Waals surface area contributed by atoms with Gasteiger partial charge in [0.1, 0.15) is 9.84 Å². The van der Waals surface area contributed by atoms with Gasteiger partial charge in [0.2, 0.25) is 11.8 Å². The highest BCUT2D eigenvalue weighted by atomic mass is 32.2. The Labute approximate surface area is 101 Å².